The number of carbonyl (C=O) groups is 1. The predicted octanol–water partition coefficient (Wildman–Crippen LogP) is 3.58. The number of ether oxygens (including phenoxy) is 1. The van der Waals surface area contributed by atoms with Crippen molar-refractivity contribution >= 4 is 16.9 Å². The lowest BCUT2D eigenvalue weighted by atomic mass is 9.71. The number of likely N-dealkylation sites (tertiary alicyclic amines) is 1. The number of fused-ring (bicyclic) bond motifs is 2. The molecule has 6 nitrogen and oxygen atoms in total. The minimum Gasteiger partial charge on any atom is -0.480 e. The zero-order chi connectivity index (χ0) is 21.5. The Labute approximate surface area is 176 Å². The first-order chi connectivity index (χ1) is 14.3. The summed E-state index contributed by atoms with van der Waals surface area (Å²) < 4.78 is 11.5. The van der Waals surface area contributed by atoms with Crippen molar-refractivity contribution in [2.75, 3.05) is 13.1 Å². The highest BCUT2D eigenvalue weighted by atomic mass is 16.5. The number of aryl methyl sites for hydroxylation is 2. The Bertz CT molecular complexity index is 1010. The van der Waals surface area contributed by atoms with Crippen LogP contribution in [-0.4, -0.2) is 40.7 Å². The number of aliphatic hydroxyl groups is 1. The van der Waals surface area contributed by atoms with Gasteiger partial charge in [0.2, 0.25) is 0 Å². The predicted molar refractivity (Wildman–Crippen MR) is 115 cm³/mol. The number of nitrogens with zero attached hydrogens (tertiary/aromatic N) is 1. The summed E-state index contributed by atoms with van der Waals surface area (Å²) in [5.41, 5.74) is 1.19. The fourth-order valence-corrected chi connectivity index (χ4v) is 5.10. The fourth-order valence-electron chi connectivity index (χ4n) is 5.10. The van der Waals surface area contributed by atoms with Gasteiger partial charge in [0.1, 0.15) is 11.3 Å². The van der Waals surface area contributed by atoms with Crippen molar-refractivity contribution in [1.29, 1.82) is 0 Å². The van der Waals surface area contributed by atoms with Gasteiger partial charge < -0.3 is 19.2 Å². The van der Waals surface area contributed by atoms with Crippen LogP contribution in [0.1, 0.15) is 57.1 Å². The topological polar surface area (TPSA) is 80.0 Å². The summed E-state index contributed by atoms with van der Waals surface area (Å²) in [7, 11) is 0. The molecule has 3 atom stereocenters. The summed E-state index contributed by atoms with van der Waals surface area (Å²) >= 11 is 0. The minimum atomic E-state index is -0.656. The van der Waals surface area contributed by atoms with Crippen LogP contribution in [0.5, 0.6) is 5.75 Å². The van der Waals surface area contributed by atoms with Crippen molar-refractivity contribution in [2.45, 2.75) is 71.0 Å². The van der Waals surface area contributed by atoms with Crippen LogP contribution in [0.4, 0.5) is 0 Å². The monoisotopic (exact) mass is 413 g/mol. The van der Waals surface area contributed by atoms with Gasteiger partial charge >= 0.3 is 5.63 Å². The molecule has 2 aromatic rings. The van der Waals surface area contributed by atoms with Crippen LogP contribution in [0.2, 0.25) is 0 Å². The number of piperidine rings is 1. The van der Waals surface area contributed by atoms with Crippen LogP contribution in [0.15, 0.2) is 27.4 Å². The second-order valence-electron chi connectivity index (χ2n) is 8.85. The maximum Gasteiger partial charge on any atom is 0.336 e. The lowest BCUT2D eigenvalue weighted by molar-refractivity contribution is -0.149. The maximum atomic E-state index is 13.1. The number of carbonyl (C=O) groups excluding carboxylic acids is 1. The zero-order valence-electron chi connectivity index (χ0n) is 18.1. The summed E-state index contributed by atoms with van der Waals surface area (Å²) in [6.45, 7) is 6.76. The number of hydrogen-bond donors (Lipinski definition) is 1. The van der Waals surface area contributed by atoms with Crippen LogP contribution >= 0.6 is 0 Å². The molecule has 6 heteroatoms. The van der Waals surface area contributed by atoms with E-state index in [4.69, 9.17) is 9.15 Å². The van der Waals surface area contributed by atoms with Crippen molar-refractivity contribution in [3.63, 3.8) is 0 Å². The minimum absolute atomic E-state index is 0.0640. The van der Waals surface area contributed by atoms with E-state index in [1.165, 1.54) is 6.07 Å². The van der Waals surface area contributed by atoms with E-state index in [0.717, 1.165) is 48.6 Å². The van der Waals surface area contributed by atoms with Gasteiger partial charge in [-0.2, -0.15) is 0 Å². The van der Waals surface area contributed by atoms with Gasteiger partial charge in [-0.15, -0.1) is 0 Å². The number of benzene rings is 1. The third kappa shape index (κ3) is 3.73. The van der Waals surface area contributed by atoms with Crippen molar-refractivity contribution in [3.05, 3.63) is 39.7 Å². The van der Waals surface area contributed by atoms with Gasteiger partial charge in [0.05, 0.1) is 5.60 Å². The molecular weight excluding hydrogens is 382 g/mol. The molecule has 1 amide bonds. The van der Waals surface area contributed by atoms with Gasteiger partial charge in [-0.1, -0.05) is 19.8 Å². The number of rotatable bonds is 4. The van der Waals surface area contributed by atoms with Crippen LogP contribution in [0, 0.1) is 12.8 Å². The lowest BCUT2D eigenvalue weighted by Gasteiger charge is -2.47. The number of hydrogen-bond acceptors (Lipinski definition) is 5. The molecule has 2 aliphatic rings. The van der Waals surface area contributed by atoms with E-state index in [2.05, 4.69) is 0 Å². The molecule has 162 valence electrons. The second-order valence-corrected chi connectivity index (χ2v) is 8.85. The lowest BCUT2D eigenvalue weighted by Crippen LogP contribution is -2.56. The first-order valence-corrected chi connectivity index (χ1v) is 11.1. The number of amides is 1. The molecule has 1 aromatic carbocycles. The van der Waals surface area contributed by atoms with Gasteiger partial charge in [-0.05, 0) is 57.2 Å². The smallest absolute Gasteiger partial charge is 0.336 e. The second kappa shape index (κ2) is 8.06. The third-order valence-electron chi connectivity index (χ3n) is 6.97. The molecule has 0 bridgehead atoms. The Balaban J connectivity index is 1.51. The van der Waals surface area contributed by atoms with Crippen molar-refractivity contribution in [2.24, 2.45) is 5.92 Å². The molecule has 0 radical (unpaired) electrons. The Morgan fingerprint density at radius 2 is 2.17 bits per heavy atom. The molecule has 30 heavy (non-hydrogen) atoms. The third-order valence-corrected chi connectivity index (χ3v) is 6.97. The molecule has 2 heterocycles. The van der Waals surface area contributed by atoms with E-state index in [1.807, 2.05) is 30.9 Å². The van der Waals surface area contributed by atoms with E-state index in [-0.39, 0.29) is 17.5 Å². The molecule has 1 saturated carbocycles. The normalized spacial score (nSPS) is 25.1. The largest absolute Gasteiger partial charge is 0.480 e. The average Bonchev–Trinajstić information content (AvgIpc) is 2.74. The Morgan fingerprint density at radius 1 is 1.37 bits per heavy atom. The van der Waals surface area contributed by atoms with Crippen molar-refractivity contribution in [1.82, 2.24) is 4.90 Å². The van der Waals surface area contributed by atoms with E-state index >= 15 is 0 Å². The first-order valence-electron chi connectivity index (χ1n) is 11.1. The first kappa shape index (κ1) is 20.9. The fraction of sp³-hybridized carbons (Fsp3) is 0.583. The molecule has 1 aliphatic carbocycles. The SMILES string of the molecule is CCc1cc(=O)oc2c(C)c(O[C@H](C)C(=O)N3CC[C@@]4(O)CCCC[C@@H]4C3)ccc12. The molecule has 4 rings (SSSR count). The zero-order valence-corrected chi connectivity index (χ0v) is 18.1. The van der Waals surface area contributed by atoms with Crippen LogP contribution in [0.25, 0.3) is 11.0 Å². The highest BCUT2D eigenvalue weighted by molar-refractivity contribution is 5.85. The maximum absolute atomic E-state index is 13.1. The van der Waals surface area contributed by atoms with Crippen molar-refractivity contribution < 1.29 is 19.1 Å². The molecular formula is C24H31NO5. The quantitative estimate of drug-likeness (QED) is 0.775. The summed E-state index contributed by atoms with van der Waals surface area (Å²) in [6.07, 6.45) is 4.71. The Hall–Kier alpha value is -2.34. The van der Waals surface area contributed by atoms with Crippen LogP contribution in [-0.2, 0) is 11.2 Å². The summed E-state index contributed by atoms with van der Waals surface area (Å²) in [5.74, 6) is 0.636. The molecule has 2 fully saturated rings. The van der Waals surface area contributed by atoms with Gasteiger partial charge in [0.15, 0.2) is 6.10 Å². The molecule has 0 unspecified atom stereocenters. The van der Waals surface area contributed by atoms with Gasteiger partial charge in [0, 0.05) is 36.0 Å². The molecule has 1 saturated heterocycles. The Kier molecular flexibility index (Phi) is 5.62. The van der Waals surface area contributed by atoms with Gasteiger partial charge in [-0.3, -0.25) is 4.79 Å². The molecule has 1 N–H and O–H groups in total. The van der Waals surface area contributed by atoms with E-state index in [0.29, 0.717) is 30.8 Å². The van der Waals surface area contributed by atoms with Gasteiger partial charge in [-0.25, -0.2) is 4.79 Å². The average molecular weight is 414 g/mol. The summed E-state index contributed by atoms with van der Waals surface area (Å²) in [6, 6.07) is 5.26. The molecule has 1 aromatic heterocycles. The van der Waals surface area contributed by atoms with E-state index in [1.54, 1.807) is 6.92 Å². The van der Waals surface area contributed by atoms with Crippen LogP contribution in [0.3, 0.4) is 0 Å². The van der Waals surface area contributed by atoms with Gasteiger partial charge in [0.25, 0.3) is 5.91 Å². The standard InChI is InChI=1S/C24H31NO5/c1-4-17-13-21(26)30-22-15(2)20(9-8-19(17)22)29-16(3)23(27)25-12-11-24(28)10-6-5-7-18(24)14-25/h8-9,13,16,18,28H,4-7,10-12,14H2,1-3H3/t16-,18-,24+/m1/s1. The molecule has 0 spiro atoms. The summed E-state index contributed by atoms with van der Waals surface area (Å²) in [4.78, 5) is 26.8. The highest BCUT2D eigenvalue weighted by Crippen LogP contribution is 2.40. The Morgan fingerprint density at radius 3 is 2.93 bits per heavy atom. The molecule has 1 aliphatic heterocycles. The van der Waals surface area contributed by atoms with E-state index < -0.39 is 11.7 Å². The van der Waals surface area contributed by atoms with Crippen LogP contribution < -0.4 is 10.4 Å². The highest BCUT2D eigenvalue weighted by Gasteiger charge is 2.44. The van der Waals surface area contributed by atoms with E-state index in [9.17, 15) is 14.7 Å². The van der Waals surface area contributed by atoms with Crippen molar-refractivity contribution in [3.8, 4) is 5.75 Å². The summed E-state index contributed by atoms with van der Waals surface area (Å²) in [5, 5.41) is 11.8.